The van der Waals surface area contributed by atoms with Crippen LogP contribution in [0.1, 0.15) is 66.7 Å². The summed E-state index contributed by atoms with van der Waals surface area (Å²) in [6, 6.07) is 0. The van der Waals surface area contributed by atoms with Gasteiger partial charge in [0.25, 0.3) is 0 Å². The second-order valence-electron chi connectivity index (χ2n) is 7.30. The van der Waals surface area contributed by atoms with Gasteiger partial charge < -0.3 is 5.73 Å². The van der Waals surface area contributed by atoms with E-state index in [0.29, 0.717) is 19.0 Å². The van der Waals surface area contributed by atoms with E-state index in [2.05, 4.69) is 6.92 Å². The highest BCUT2D eigenvalue weighted by Crippen LogP contribution is 2.39. The van der Waals surface area contributed by atoms with E-state index in [4.69, 9.17) is 5.73 Å². The van der Waals surface area contributed by atoms with E-state index in [1.807, 2.05) is 6.92 Å². The molecule has 0 aromatic rings. The zero-order valence-corrected chi connectivity index (χ0v) is 14.6. The van der Waals surface area contributed by atoms with Crippen LogP contribution >= 0.6 is 0 Å². The molecule has 0 heterocycles. The molecule has 0 aliphatic heterocycles. The van der Waals surface area contributed by atoms with Crippen LogP contribution in [0.5, 0.6) is 0 Å². The van der Waals surface area contributed by atoms with Crippen molar-refractivity contribution in [3.8, 4) is 0 Å². The molecule has 0 unspecified atom stereocenters. The van der Waals surface area contributed by atoms with Crippen LogP contribution in [-0.4, -0.2) is 36.1 Å². The number of sulfonamides is 1. The molecule has 0 bridgehead atoms. The summed E-state index contributed by atoms with van der Waals surface area (Å²) in [5.41, 5.74) is 5.68. The van der Waals surface area contributed by atoms with E-state index < -0.39 is 14.8 Å². The fraction of sp³-hybridized carbons (Fsp3) is 1.00. The van der Waals surface area contributed by atoms with Crippen LogP contribution in [0.4, 0.5) is 0 Å². The smallest absolute Gasteiger partial charge is 0.219 e. The van der Waals surface area contributed by atoms with Crippen molar-refractivity contribution >= 4 is 10.0 Å². The number of nitrogens with zero attached hydrogens (tertiary/aromatic N) is 1. The maximum atomic E-state index is 13.0. The summed E-state index contributed by atoms with van der Waals surface area (Å²) in [6.07, 6.45) is 4.74. The van der Waals surface area contributed by atoms with E-state index in [9.17, 15) is 8.42 Å². The maximum Gasteiger partial charge on any atom is 0.219 e. The maximum absolute atomic E-state index is 13.0. The average Bonchev–Trinajstić information content (AvgIpc) is 2.36. The Labute approximate surface area is 125 Å². The first-order valence-corrected chi connectivity index (χ1v) is 9.27. The quantitative estimate of drug-likeness (QED) is 0.849. The summed E-state index contributed by atoms with van der Waals surface area (Å²) in [5, 5.41) is 0. The molecule has 0 spiro atoms. The lowest BCUT2D eigenvalue weighted by Gasteiger charge is -2.48. The topological polar surface area (TPSA) is 63.4 Å². The molecule has 0 aromatic heterocycles. The molecule has 0 saturated heterocycles. The zero-order valence-electron chi connectivity index (χ0n) is 13.8. The molecular formula is C15H32N2O2S. The van der Waals surface area contributed by atoms with Gasteiger partial charge in [-0.05, 0) is 58.8 Å². The second kappa shape index (κ2) is 6.32. The predicted molar refractivity (Wildman–Crippen MR) is 85.1 cm³/mol. The van der Waals surface area contributed by atoms with E-state index in [-0.39, 0.29) is 5.54 Å². The van der Waals surface area contributed by atoms with Crippen molar-refractivity contribution in [2.24, 2.45) is 11.7 Å². The lowest BCUT2D eigenvalue weighted by Crippen LogP contribution is -2.61. The monoisotopic (exact) mass is 304 g/mol. The van der Waals surface area contributed by atoms with Crippen LogP contribution in [0.3, 0.4) is 0 Å². The van der Waals surface area contributed by atoms with Crippen LogP contribution in [0.2, 0.25) is 0 Å². The minimum Gasteiger partial charge on any atom is -0.329 e. The van der Waals surface area contributed by atoms with Gasteiger partial charge in [0.2, 0.25) is 10.0 Å². The Hall–Kier alpha value is -0.130. The normalized spacial score (nSPS) is 28.9. The Balaban J connectivity index is 3.18. The molecule has 2 N–H and O–H groups in total. The third kappa shape index (κ3) is 3.37. The first kappa shape index (κ1) is 17.9. The minimum absolute atomic E-state index is 0.366. The summed E-state index contributed by atoms with van der Waals surface area (Å²) in [4.78, 5) is 0. The number of rotatable bonds is 5. The van der Waals surface area contributed by atoms with Crippen molar-refractivity contribution in [2.45, 2.75) is 77.0 Å². The number of hydrogen-bond acceptors (Lipinski definition) is 3. The lowest BCUT2D eigenvalue weighted by molar-refractivity contribution is 0.113. The molecule has 0 amide bonds. The largest absolute Gasteiger partial charge is 0.329 e. The van der Waals surface area contributed by atoms with Gasteiger partial charge in [0, 0.05) is 18.6 Å². The third-order valence-electron chi connectivity index (χ3n) is 4.60. The molecule has 1 saturated carbocycles. The zero-order chi connectivity index (χ0) is 15.6. The van der Waals surface area contributed by atoms with Crippen molar-refractivity contribution in [3.63, 3.8) is 0 Å². The number of hydrogen-bond donors (Lipinski definition) is 1. The summed E-state index contributed by atoms with van der Waals surface area (Å²) in [5.74, 6) is 0.676. The van der Waals surface area contributed by atoms with Crippen molar-refractivity contribution in [2.75, 3.05) is 13.1 Å². The summed E-state index contributed by atoms with van der Waals surface area (Å²) in [6.45, 7) is 10.6. The molecule has 4 nitrogen and oxygen atoms in total. The summed E-state index contributed by atoms with van der Waals surface area (Å²) < 4.78 is 26.9. The Bertz CT molecular complexity index is 404. The van der Waals surface area contributed by atoms with Crippen molar-refractivity contribution in [1.82, 2.24) is 4.31 Å². The van der Waals surface area contributed by atoms with Gasteiger partial charge in [0.15, 0.2) is 0 Å². The van der Waals surface area contributed by atoms with Gasteiger partial charge >= 0.3 is 0 Å². The van der Waals surface area contributed by atoms with Gasteiger partial charge in [-0.1, -0.05) is 13.8 Å². The first-order chi connectivity index (χ1) is 9.10. The molecular weight excluding hydrogens is 272 g/mol. The van der Waals surface area contributed by atoms with Crippen LogP contribution in [0.15, 0.2) is 0 Å². The molecule has 1 rings (SSSR count). The predicted octanol–water partition coefficient (Wildman–Crippen LogP) is 2.73. The molecule has 0 aromatic carbocycles. The van der Waals surface area contributed by atoms with Crippen LogP contribution in [0, 0.1) is 5.92 Å². The van der Waals surface area contributed by atoms with Crippen LogP contribution < -0.4 is 5.73 Å². The highest BCUT2D eigenvalue weighted by Gasteiger charge is 2.47. The Kier molecular flexibility index (Phi) is 5.67. The molecule has 1 aliphatic carbocycles. The van der Waals surface area contributed by atoms with Crippen LogP contribution in [0.25, 0.3) is 0 Å². The van der Waals surface area contributed by atoms with Crippen molar-refractivity contribution in [3.05, 3.63) is 0 Å². The van der Waals surface area contributed by atoms with Crippen molar-refractivity contribution < 1.29 is 8.42 Å². The summed E-state index contributed by atoms with van der Waals surface area (Å²) in [7, 11) is -3.33. The fourth-order valence-electron chi connectivity index (χ4n) is 3.00. The second-order valence-corrected chi connectivity index (χ2v) is 9.92. The van der Waals surface area contributed by atoms with Gasteiger partial charge in [0.05, 0.1) is 4.75 Å². The summed E-state index contributed by atoms with van der Waals surface area (Å²) >= 11 is 0. The van der Waals surface area contributed by atoms with Gasteiger partial charge in [-0.15, -0.1) is 0 Å². The molecule has 1 fully saturated rings. The Morgan fingerprint density at radius 3 is 2.10 bits per heavy atom. The van der Waals surface area contributed by atoms with E-state index >= 15 is 0 Å². The van der Waals surface area contributed by atoms with Gasteiger partial charge in [-0.3, -0.25) is 0 Å². The van der Waals surface area contributed by atoms with Gasteiger partial charge in [-0.25, -0.2) is 8.42 Å². The first-order valence-electron chi connectivity index (χ1n) is 7.83. The average molecular weight is 305 g/mol. The fourth-order valence-corrected chi connectivity index (χ4v) is 4.85. The van der Waals surface area contributed by atoms with Crippen molar-refractivity contribution in [1.29, 1.82) is 0 Å². The Morgan fingerprint density at radius 2 is 1.75 bits per heavy atom. The van der Waals surface area contributed by atoms with E-state index in [1.165, 1.54) is 0 Å². The molecule has 0 radical (unpaired) electrons. The molecule has 120 valence electrons. The van der Waals surface area contributed by atoms with Crippen LogP contribution in [-0.2, 0) is 10.0 Å². The van der Waals surface area contributed by atoms with E-state index in [0.717, 1.165) is 32.1 Å². The Morgan fingerprint density at radius 1 is 1.25 bits per heavy atom. The molecule has 20 heavy (non-hydrogen) atoms. The molecule has 5 heteroatoms. The molecule has 1 aliphatic rings. The highest BCUT2D eigenvalue weighted by atomic mass is 32.2. The van der Waals surface area contributed by atoms with E-state index in [1.54, 1.807) is 25.1 Å². The SMILES string of the molecule is CCCN(C1(CN)CCC(C)CC1)S(=O)(=O)C(C)(C)C. The lowest BCUT2D eigenvalue weighted by atomic mass is 9.77. The number of nitrogens with two attached hydrogens (primary N) is 1. The third-order valence-corrected chi connectivity index (χ3v) is 7.30. The standard InChI is InChI=1S/C15H32N2O2S/c1-6-11-17(20(18,19)14(3,4)5)15(12-16)9-7-13(2)8-10-15/h13H,6-12,16H2,1-5H3. The van der Waals surface area contributed by atoms with Gasteiger partial charge in [-0.2, -0.15) is 4.31 Å². The highest BCUT2D eigenvalue weighted by molar-refractivity contribution is 7.90. The molecule has 0 atom stereocenters. The van der Waals surface area contributed by atoms with Gasteiger partial charge in [0.1, 0.15) is 0 Å². The minimum atomic E-state index is -3.33.